The molecular formula is C23H24N4O2. The van der Waals surface area contributed by atoms with Gasteiger partial charge in [0.25, 0.3) is 5.89 Å². The number of rotatable bonds is 6. The van der Waals surface area contributed by atoms with E-state index >= 15 is 0 Å². The van der Waals surface area contributed by atoms with Crippen LogP contribution in [0.2, 0.25) is 0 Å². The maximum absolute atomic E-state index is 12.8. The van der Waals surface area contributed by atoms with E-state index in [0.29, 0.717) is 18.3 Å². The minimum absolute atomic E-state index is 0.101. The van der Waals surface area contributed by atoms with Gasteiger partial charge in [-0.2, -0.15) is 4.98 Å². The normalized spacial score (nSPS) is 16.8. The largest absolute Gasteiger partial charge is 0.334 e. The number of nitrogens with one attached hydrogen (secondary N) is 1. The van der Waals surface area contributed by atoms with Crippen molar-refractivity contribution in [3.63, 3.8) is 0 Å². The van der Waals surface area contributed by atoms with E-state index in [2.05, 4.69) is 22.4 Å². The van der Waals surface area contributed by atoms with E-state index in [1.165, 1.54) is 0 Å². The highest BCUT2D eigenvalue weighted by molar-refractivity contribution is 5.86. The lowest BCUT2D eigenvalue weighted by Crippen LogP contribution is -2.46. The molecule has 1 aromatic heterocycles. The van der Waals surface area contributed by atoms with Gasteiger partial charge in [-0.3, -0.25) is 4.90 Å². The molecule has 0 bridgehead atoms. The van der Waals surface area contributed by atoms with Crippen molar-refractivity contribution in [3.8, 4) is 11.4 Å². The fourth-order valence-electron chi connectivity index (χ4n) is 3.58. The van der Waals surface area contributed by atoms with Gasteiger partial charge < -0.3 is 9.84 Å². The van der Waals surface area contributed by atoms with Crippen LogP contribution >= 0.6 is 0 Å². The molecule has 2 amide bonds. The predicted molar refractivity (Wildman–Crippen MR) is 112 cm³/mol. The number of amides is 2. The molecule has 2 aromatic carbocycles. The third-order valence-corrected chi connectivity index (χ3v) is 5.15. The molecule has 1 aliphatic rings. The van der Waals surface area contributed by atoms with Crippen LogP contribution in [-0.2, 0) is 0 Å². The van der Waals surface area contributed by atoms with Crippen molar-refractivity contribution in [3.05, 3.63) is 77.8 Å². The molecule has 0 saturated carbocycles. The summed E-state index contributed by atoms with van der Waals surface area (Å²) in [7, 11) is 0. The number of urea groups is 1. The van der Waals surface area contributed by atoms with Gasteiger partial charge in [-0.25, -0.2) is 4.79 Å². The summed E-state index contributed by atoms with van der Waals surface area (Å²) in [5.41, 5.74) is 3.55. The number of hydrogen-bond acceptors (Lipinski definition) is 4. The molecule has 0 aliphatic carbocycles. The first-order valence-electron chi connectivity index (χ1n) is 9.92. The first-order chi connectivity index (χ1) is 14.2. The molecule has 29 heavy (non-hydrogen) atoms. The third-order valence-electron chi connectivity index (χ3n) is 5.15. The Labute approximate surface area is 170 Å². The fraction of sp³-hybridized carbons (Fsp3) is 0.261. The Bertz CT molecular complexity index is 1010. The van der Waals surface area contributed by atoms with Gasteiger partial charge in [0.05, 0.1) is 11.6 Å². The standard InChI is InChI=1S/C23H24N4O2/c1-3-4-15-27-16(2)19(20(24-23(27)28)17-11-7-5-8-12-17)22-25-21(26-29-22)18-13-9-6-10-14-18/h5-14,20H,3-4,15H2,1-2H3,(H,24,28)/t20-/m1/s1. The molecule has 148 valence electrons. The number of carbonyl (C=O) groups is 1. The van der Waals surface area contributed by atoms with E-state index in [9.17, 15) is 4.79 Å². The second-order valence-corrected chi connectivity index (χ2v) is 7.09. The molecule has 1 atom stereocenters. The van der Waals surface area contributed by atoms with Crippen LogP contribution in [-0.4, -0.2) is 27.6 Å². The highest BCUT2D eigenvalue weighted by Crippen LogP contribution is 2.37. The molecule has 0 unspecified atom stereocenters. The van der Waals surface area contributed by atoms with Crippen LogP contribution in [0.25, 0.3) is 17.0 Å². The van der Waals surface area contributed by atoms with Crippen LogP contribution in [0.1, 0.15) is 44.2 Å². The van der Waals surface area contributed by atoms with Crippen LogP contribution in [0.4, 0.5) is 4.79 Å². The average molecular weight is 388 g/mol. The molecule has 1 N–H and O–H groups in total. The molecule has 0 fully saturated rings. The van der Waals surface area contributed by atoms with Crippen LogP contribution in [0.5, 0.6) is 0 Å². The van der Waals surface area contributed by atoms with Crippen LogP contribution < -0.4 is 5.32 Å². The first-order valence-corrected chi connectivity index (χ1v) is 9.92. The van der Waals surface area contributed by atoms with E-state index in [0.717, 1.165) is 35.2 Å². The topological polar surface area (TPSA) is 71.3 Å². The van der Waals surface area contributed by atoms with Gasteiger partial charge in [-0.05, 0) is 18.9 Å². The summed E-state index contributed by atoms with van der Waals surface area (Å²) in [6, 6.07) is 19.1. The molecule has 1 aliphatic heterocycles. The highest BCUT2D eigenvalue weighted by Gasteiger charge is 2.35. The van der Waals surface area contributed by atoms with E-state index in [1.54, 1.807) is 4.90 Å². The minimum Gasteiger partial charge on any atom is -0.334 e. The van der Waals surface area contributed by atoms with Gasteiger partial charge in [-0.1, -0.05) is 79.2 Å². The van der Waals surface area contributed by atoms with Crippen molar-refractivity contribution in [2.24, 2.45) is 0 Å². The zero-order chi connectivity index (χ0) is 20.2. The summed E-state index contributed by atoms with van der Waals surface area (Å²) < 4.78 is 5.67. The van der Waals surface area contributed by atoms with E-state index in [-0.39, 0.29) is 12.1 Å². The lowest BCUT2D eigenvalue weighted by atomic mass is 9.94. The molecule has 0 radical (unpaired) electrons. The van der Waals surface area contributed by atoms with Crippen LogP contribution in [0.15, 0.2) is 70.9 Å². The Morgan fingerprint density at radius 1 is 1.07 bits per heavy atom. The molecule has 3 aromatic rings. The second kappa shape index (κ2) is 8.31. The quantitative estimate of drug-likeness (QED) is 0.643. The molecule has 2 heterocycles. The summed E-state index contributed by atoms with van der Waals surface area (Å²) >= 11 is 0. The summed E-state index contributed by atoms with van der Waals surface area (Å²) in [6.07, 6.45) is 1.93. The Kier molecular flexibility index (Phi) is 5.42. The number of hydrogen-bond donors (Lipinski definition) is 1. The predicted octanol–water partition coefficient (Wildman–Crippen LogP) is 5.03. The Morgan fingerprint density at radius 3 is 2.45 bits per heavy atom. The van der Waals surface area contributed by atoms with Crippen molar-refractivity contribution in [2.45, 2.75) is 32.7 Å². The number of carbonyl (C=O) groups excluding carboxylic acids is 1. The molecule has 0 spiro atoms. The number of unbranched alkanes of at least 4 members (excludes halogenated alkanes) is 1. The molecule has 0 saturated heterocycles. The van der Waals surface area contributed by atoms with Crippen molar-refractivity contribution in [1.29, 1.82) is 0 Å². The van der Waals surface area contributed by atoms with Gasteiger partial charge in [0, 0.05) is 17.8 Å². The monoisotopic (exact) mass is 388 g/mol. The molecule has 4 rings (SSSR count). The van der Waals surface area contributed by atoms with E-state index < -0.39 is 0 Å². The van der Waals surface area contributed by atoms with Crippen molar-refractivity contribution >= 4 is 11.6 Å². The van der Waals surface area contributed by atoms with Crippen molar-refractivity contribution in [1.82, 2.24) is 20.4 Å². The van der Waals surface area contributed by atoms with Crippen molar-refractivity contribution in [2.75, 3.05) is 6.54 Å². The molecular weight excluding hydrogens is 364 g/mol. The number of nitrogens with zero attached hydrogens (tertiary/aromatic N) is 3. The smallest absolute Gasteiger partial charge is 0.322 e. The molecule has 6 nitrogen and oxygen atoms in total. The SMILES string of the molecule is CCCCN1C(=O)N[C@H](c2ccccc2)C(c2nc(-c3ccccc3)no2)=C1C. The first kappa shape index (κ1) is 18.9. The fourth-order valence-corrected chi connectivity index (χ4v) is 3.58. The number of allylic oxidation sites excluding steroid dienone is 1. The zero-order valence-electron chi connectivity index (χ0n) is 16.6. The van der Waals surface area contributed by atoms with Gasteiger partial charge in [-0.15, -0.1) is 0 Å². The third kappa shape index (κ3) is 3.78. The van der Waals surface area contributed by atoms with Gasteiger partial charge in [0.1, 0.15) is 0 Å². The Hall–Kier alpha value is -3.41. The number of benzene rings is 2. The summed E-state index contributed by atoms with van der Waals surface area (Å²) in [5.74, 6) is 0.960. The average Bonchev–Trinajstić information content (AvgIpc) is 3.24. The summed E-state index contributed by atoms with van der Waals surface area (Å²) in [4.78, 5) is 19.2. The zero-order valence-corrected chi connectivity index (χ0v) is 16.6. The van der Waals surface area contributed by atoms with E-state index in [1.807, 2.05) is 67.6 Å². The summed E-state index contributed by atoms with van der Waals surface area (Å²) in [6.45, 7) is 4.71. The highest BCUT2D eigenvalue weighted by atomic mass is 16.5. The molecule has 6 heteroatoms. The Balaban J connectivity index is 1.79. The second-order valence-electron chi connectivity index (χ2n) is 7.09. The van der Waals surface area contributed by atoms with Crippen LogP contribution in [0.3, 0.4) is 0 Å². The van der Waals surface area contributed by atoms with Gasteiger partial charge in [0.2, 0.25) is 5.82 Å². The van der Waals surface area contributed by atoms with E-state index in [4.69, 9.17) is 4.52 Å². The lowest BCUT2D eigenvalue weighted by Gasteiger charge is -2.35. The Morgan fingerprint density at radius 2 is 1.76 bits per heavy atom. The lowest BCUT2D eigenvalue weighted by molar-refractivity contribution is 0.204. The van der Waals surface area contributed by atoms with Gasteiger partial charge >= 0.3 is 6.03 Å². The van der Waals surface area contributed by atoms with Crippen LogP contribution in [0, 0.1) is 0 Å². The maximum atomic E-state index is 12.8. The van der Waals surface area contributed by atoms with Gasteiger partial charge in [0.15, 0.2) is 0 Å². The maximum Gasteiger partial charge on any atom is 0.322 e. The summed E-state index contributed by atoms with van der Waals surface area (Å²) in [5, 5.41) is 7.30. The van der Waals surface area contributed by atoms with Crippen molar-refractivity contribution < 1.29 is 9.32 Å². The number of aromatic nitrogens is 2. The minimum atomic E-state index is -0.342.